The average Bonchev–Trinajstić information content (AvgIpc) is 3.71. The van der Waals surface area contributed by atoms with Gasteiger partial charge in [0.15, 0.2) is 6.04 Å². The first-order chi connectivity index (χ1) is 19.8. The number of pyridine rings is 1. The third-order valence-electron chi connectivity index (χ3n) is 7.80. The summed E-state index contributed by atoms with van der Waals surface area (Å²) in [5.74, 6) is -2.86. The molecule has 1 saturated carbocycles. The van der Waals surface area contributed by atoms with Crippen LogP contribution in [0.2, 0.25) is 0 Å². The molecule has 0 amide bonds. The number of hydrogen-bond donors (Lipinski definition) is 2. The molecule has 0 spiro atoms. The number of fused-ring (bicyclic) bond motifs is 1. The quantitative estimate of drug-likeness (QED) is 0.317. The molecule has 0 unspecified atom stereocenters. The van der Waals surface area contributed by atoms with Crippen LogP contribution in [0.5, 0.6) is 0 Å². The Labute approximate surface area is 234 Å². The van der Waals surface area contributed by atoms with Gasteiger partial charge in [0.2, 0.25) is 5.43 Å². The number of carbonyl (C=O) groups is 2. The Bertz CT molecular complexity index is 1670. The van der Waals surface area contributed by atoms with Crippen LogP contribution in [-0.2, 0) is 17.8 Å². The molecule has 1 aliphatic carbocycles. The predicted molar refractivity (Wildman–Crippen MR) is 148 cm³/mol. The summed E-state index contributed by atoms with van der Waals surface area (Å²) in [4.78, 5) is 40.4. The summed E-state index contributed by atoms with van der Waals surface area (Å²) >= 11 is 0. The van der Waals surface area contributed by atoms with Gasteiger partial charge in [-0.25, -0.2) is 18.7 Å². The van der Waals surface area contributed by atoms with Gasteiger partial charge in [-0.3, -0.25) is 9.69 Å². The number of halogens is 1. The van der Waals surface area contributed by atoms with Crippen molar-refractivity contribution in [1.29, 1.82) is 0 Å². The fourth-order valence-electron chi connectivity index (χ4n) is 5.45. The lowest BCUT2D eigenvalue weighted by Crippen LogP contribution is -2.46. The maximum absolute atomic E-state index is 15.3. The van der Waals surface area contributed by atoms with Crippen molar-refractivity contribution in [1.82, 2.24) is 24.5 Å². The van der Waals surface area contributed by atoms with Crippen LogP contribution in [-0.4, -0.2) is 72.8 Å². The van der Waals surface area contributed by atoms with Crippen LogP contribution in [0.15, 0.2) is 59.7 Å². The highest BCUT2D eigenvalue weighted by Gasteiger charge is 2.29. The first kappa shape index (κ1) is 26.6. The molecule has 2 aromatic carbocycles. The molecule has 2 fully saturated rings. The van der Waals surface area contributed by atoms with E-state index in [-0.39, 0.29) is 17.0 Å². The molecule has 1 atom stereocenters. The molecule has 11 nitrogen and oxygen atoms in total. The third kappa shape index (κ3) is 5.42. The first-order valence-electron chi connectivity index (χ1n) is 13.5. The summed E-state index contributed by atoms with van der Waals surface area (Å²) in [5, 5.41) is 27.6. The maximum Gasteiger partial charge on any atom is 0.341 e. The van der Waals surface area contributed by atoms with E-state index >= 15 is 4.39 Å². The number of aromatic nitrogens is 4. The second-order valence-corrected chi connectivity index (χ2v) is 10.6. The molecule has 4 aromatic rings. The molecule has 6 rings (SSSR count). The second kappa shape index (κ2) is 10.8. The number of anilines is 1. The standard InChI is InChI=1S/C29H29FN6O5/c30-23-13-21-24(35(20-6-7-20)17-22(27(21)37)28(38)39)14-25(23)34-10-8-33(9-11-34)15-19-16-36(32-31-19)26(29(40)41)12-18-4-2-1-3-5-18/h1-5,13-14,16-17,20,26H,6-12,15H2,(H,38,39)(H,40,41)/t26-/m0/s1. The Morgan fingerprint density at radius 1 is 1.02 bits per heavy atom. The SMILES string of the molecule is O=C(O)c1cn(C2CC2)c2cc(N3CCN(Cc4cn([C@@H](Cc5ccccc5)C(=O)O)nn4)CC3)c(F)cc2c1=O. The molecule has 212 valence electrons. The molecular weight excluding hydrogens is 531 g/mol. The van der Waals surface area contributed by atoms with E-state index in [0.717, 1.165) is 24.5 Å². The molecule has 41 heavy (non-hydrogen) atoms. The summed E-state index contributed by atoms with van der Waals surface area (Å²) in [6.07, 6.45) is 5.10. The van der Waals surface area contributed by atoms with E-state index in [2.05, 4.69) is 15.2 Å². The highest BCUT2D eigenvalue weighted by Crippen LogP contribution is 2.38. The van der Waals surface area contributed by atoms with Crippen molar-refractivity contribution in [3.8, 4) is 0 Å². The molecule has 1 saturated heterocycles. The maximum atomic E-state index is 15.3. The number of carboxylic acids is 2. The fraction of sp³-hybridized carbons (Fsp3) is 0.345. The van der Waals surface area contributed by atoms with Gasteiger partial charge in [0.05, 0.1) is 23.1 Å². The summed E-state index contributed by atoms with van der Waals surface area (Å²) in [5.41, 5.74) is 1.44. The Balaban J connectivity index is 1.15. The number of rotatable bonds is 9. The lowest BCUT2D eigenvalue weighted by molar-refractivity contribution is -0.141. The van der Waals surface area contributed by atoms with E-state index in [1.54, 1.807) is 16.8 Å². The number of nitrogens with zero attached hydrogens (tertiary/aromatic N) is 6. The second-order valence-electron chi connectivity index (χ2n) is 10.6. The van der Waals surface area contributed by atoms with Gasteiger partial charge in [0.1, 0.15) is 11.4 Å². The Kier molecular flexibility index (Phi) is 7.00. The molecule has 2 N–H and O–H groups in total. The Hall–Kier alpha value is -4.58. The molecular formula is C29H29FN6O5. The minimum Gasteiger partial charge on any atom is -0.480 e. The number of aromatic carboxylic acids is 1. The first-order valence-corrected chi connectivity index (χ1v) is 13.5. The van der Waals surface area contributed by atoms with Crippen LogP contribution in [0.1, 0.15) is 46.5 Å². The van der Waals surface area contributed by atoms with E-state index in [9.17, 15) is 24.6 Å². The van der Waals surface area contributed by atoms with Crippen molar-refractivity contribution < 1.29 is 24.2 Å². The molecule has 0 radical (unpaired) electrons. The van der Waals surface area contributed by atoms with E-state index < -0.39 is 29.2 Å². The van der Waals surface area contributed by atoms with Gasteiger partial charge in [-0.15, -0.1) is 5.10 Å². The van der Waals surface area contributed by atoms with Crippen molar-refractivity contribution >= 4 is 28.5 Å². The van der Waals surface area contributed by atoms with E-state index in [1.165, 1.54) is 10.9 Å². The highest BCUT2D eigenvalue weighted by atomic mass is 19.1. The van der Waals surface area contributed by atoms with Crippen LogP contribution in [0.4, 0.5) is 10.1 Å². The minimum atomic E-state index is -1.32. The zero-order valence-electron chi connectivity index (χ0n) is 22.2. The number of aliphatic carboxylic acids is 1. The Morgan fingerprint density at radius 3 is 2.41 bits per heavy atom. The normalized spacial score (nSPS) is 16.7. The third-order valence-corrected chi connectivity index (χ3v) is 7.80. The highest BCUT2D eigenvalue weighted by molar-refractivity contribution is 5.93. The molecule has 2 aliphatic rings. The van der Waals surface area contributed by atoms with Crippen molar-refractivity contribution in [2.24, 2.45) is 0 Å². The number of benzene rings is 2. The number of piperazine rings is 1. The van der Waals surface area contributed by atoms with E-state index in [1.807, 2.05) is 35.2 Å². The zero-order valence-corrected chi connectivity index (χ0v) is 22.2. The fourth-order valence-corrected chi connectivity index (χ4v) is 5.45. The van der Waals surface area contributed by atoms with Gasteiger partial charge in [-0.2, -0.15) is 0 Å². The number of hydrogen-bond acceptors (Lipinski definition) is 7. The molecule has 12 heteroatoms. The van der Waals surface area contributed by atoms with Crippen LogP contribution in [0, 0.1) is 5.82 Å². The van der Waals surface area contributed by atoms with Crippen molar-refractivity contribution in [3.05, 3.63) is 87.7 Å². The van der Waals surface area contributed by atoms with Gasteiger partial charge < -0.3 is 19.7 Å². The van der Waals surface area contributed by atoms with Crippen LogP contribution in [0.25, 0.3) is 10.9 Å². The van der Waals surface area contributed by atoms with E-state index in [4.69, 9.17) is 0 Å². The molecule has 0 bridgehead atoms. The Morgan fingerprint density at radius 2 is 1.76 bits per heavy atom. The molecule has 1 aliphatic heterocycles. The summed E-state index contributed by atoms with van der Waals surface area (Å²) < 4.78 is 18.5. The van der Waals surface area contributed by atoms with Crippen LogP contribution >= 0.6 is 0 Å². The van der Waals surface area contributed by atoms with Gasteiger partial charge in [0.25, 0.3) is 0 Å². The van der Waals surface area contributed by atoms with Gasteiger partial charge in [-0.05, 0) is 30.5 Å². The van der Waals surface area contributed by atoms with Gasteiger partial charge in [0, 0.05) is 56.8 Å². The average molecular weight is 561 g/mol. The smallest absolute Gasteiger partial charge is 0.341 e. The monoisotopic (exact) mass is 560 g/mol. The predicted octanol–water partition coefficient (Wildman–Crippen LogP) is 2.96. The summed E-state index contributed by atoms with van der Waals surface area (Å²) in [6, 6.07) is 11.4. The van der Waals surface area contributed by atoms with Crippen LogP contribution < -0.4 is 10.3 Å². The van der Waals surface area contributed by atoms with Gasteiger partial charge >= 0.3 is 11.9 Å². The zero-order chi connectivity index (χ0) is 28.7. The minimum absolute atomic E-state index is 0.0756. The lowest BCUT2D eigenvalue weighted by Gasteiger charge is -2.36. The topological polar surface area (TPSA) is 134 Å². The lowest BCUT2D eigenvalue weighted by atomic mass is 10.1. The summed E-state index contributed by atoms with van der Waals surface area (Å²) in [7, 11) is 0. The van der Waals surface area contributed by atoms with Crippen molar-refractivity contribution in [3.63, 3.8) is 0 Å². The largest absolute Gasteiger partial charge is 0.480 e. The molecule has 2 aromatic heterocycles. The van der Waals surface area contributed by atoms with E-state index in [0.29, 0.717) is 56.0 Å². The van der Waals surface area contributed by atoms with Crippen molar-refractivity contribution in [2.45, 2.75) is 37.9 Å². The van der Waals surface area contributed by atoms with Gasteiger partial charge in [-0.1, -0.05) is 35.5 Å². The summed E-state index contributed by atoms with van der Waals surface area (Å²) in [6.45, 7) is 2.77. The number of carboxylic acid groups (broad SMARTS) is 2. The van der Waals surface area contributed by atoms with Crippen LogP contribution in [0.3, 0.4) is 0 Å². The molecule has 3 heterocycles. The van der Waals surface area contributed by atoms with Crippen molar-refractivity contribution in [2.75, 3.05) is 31.1 Å².